The first kappa shape index (κ1) is 11.9. The molecule has 3 rings (SSSR count). The zero-order valence-electron chi connectivity index (χ0n) is 10.9. The minimum atomic E-state index is 0.0926. The average Bonchev–Trinajstić information content (AvgIpc) is 2.63. The summed E-state index contributed by atoms with van der Waals surface area (Å²) in [7, 11) is 2.25. The third-order valence-electron chi connectivity index (χ3n) is 4.46. The van der Waals surface area contributed by atoms with E-state index in [0.29, 0.717) is 6.04 Å². The Bertz CT molecular complexity index is 423. The lowest BCUT2D eigenvalue weighted by atomic mass is 10.1. The van der Waals surface area contributed by atoms with Crippen molar-refractivity contribution in [1.29, 1.82) is 0 Å². The first-order chi connectivity index (χ1) is 8.78. The Balaban J connectivity index is 1.80. The van der Waals surface area contributed by atoms with E-state index in [0.717, 1.165) is 30.5 Å². The first-order valence-corrected chi connectivity index (χ1v) is 6.80. The van der Waals surface area contributed by atoms with Crippen molar-refractivity contribution in [1.82, 2.24) is 9.88 Å². The van der Waals surface area contributed by atoms with Crippen molar-refractivity contribution in [2.24, 2.45) is 0 Å². The van der Waals surface area contributed by atoms with Crippen LogP contribution >= 0.6 is 0 Å². The number of likely N-dealkylation sites (N-methyl/N-ethyl adjacent to an activating group) is 1. The molecule has 0 radical (unpaired) electrons. The van der Waals surface area contributed by atoms with Gasteiger partial charge in [0.1, 0.15) is 5.82 Å². The van der Waals surface area contributed by atoms with E-state index in [2.05, 4.69) is 21.8 Å². The molecular weight excluding hydrogens is 226 g/mol. The molecule has 0 aliphatic carbocycles. The molecule has 0 amide bonds. The number of anilines is 1. The van der Waals surface area contributed by atoms with Crippen LogP contribution in [0.2, 0.25) is 0 Å². The Kier molecular flexibility index (Phi) is 3.22. The van der Waals surface area contributed by atoms with Crippen molar-refractivity contribution in [2.45, 2.75) is 38.0 Å². The smallest absolute Gasteiger partial charge is 0.128 e. The van der Waals surface area contributed by atoms with E-state index in [1.165, 1.54) is 19.3 Å². The van der Waals surface area contributed by atoms with Crippen molar-refractivity contribution in [3.8, 4) is 0 Å². The van der Waals surface area contributed by atoms with Crippen LogP contribution in [0.25, 0.3) is 0 Å². The molecule has 18 heavy (non-hydrogen) atoms. The number of hydrogen-bond donors (Lipinski definition) is 1. The van der Waals surface area contributed by atoms with Crippen LogP contribution in [0.4, 0.5) is 5.82 Å². The van der Waals surface area contributed by atoms with Crippen LogP contribution in [0.5, 0.6) is 0 Å². The second-order valence-electron chi connectivity index (χ2n) is 5.47. The van der Waals surface area contributed by atoms with Crippen LogP contribution in [0.1, 0.15) is 24.8 Å². The summed E-state index contributed by atoms with van der Waals surface area (Å²) in [5.41, 5.74) is 0.947. The summed E-state index contributed by atoms with van der Waals surface area (Å²) in [6, 6.07) is 5.30. The van der Waals surface area contributed by atoms with Crippen LogP contribution in [0, 0.1) is 0 Å². The molecule has 4 heteroatoms. The molecular formula is C14H21N3O. The summed E-state index contributed by atoms with van der Waals surface area (Å²) in [4.78, 5) is 9.37. The molecule has 1 aromatic heterocycles. The predicted octanol–water partition coefficient (Wildman–Crippen LogP) is 1.25. The molecule has 2 bridgehead atoms. The predicted molar refractivity (Wildman–Crippen MR) is 71.6 cm³/mol. The zero-order valence-corrected chi connectivity index (χ0v) is 10.9. The van der Waals surface area contributed by atoms with Crippen molar-refractivity contribution < 1.29 is 5.11 Å². The van der Waals surface area contributed by atoms with Crippen molar-refractivity contribution in [2.75, 3.05) is 25.0 Å². The topological polar surface area (TPSA) is 39.6 Å². The molecule has 2 aliphatic rings. The molecule has 0 aromatic carbocycles. The van der Waals surface area contributed by atoms with Crippen LogP contribution in [-0.2, 0) is 6.61 Å². The van der Waals surface area contributed by atoms with Gasteiger partial charge in [0, 0.05) is 31.4 Å². The van der Waals surface area contributed by atoms with Crippen molar-refractivity contribution in [3.63, 3.8) is 0 Å². The Hall–Kier alpha value is -1.13. The van der Waals surface area contributed by atoms with Gasteiger partial charge in [-0.3, -0.25) is 4.90 Å². The average molecular weight is 247 g/mol. The summed E-state index contributed by atoms with van der Waals surface area (Å²) in [5, 5.41) is 9.21. The Morgan fingerprint density at radius 1 is 1.33 bits per heavy atom. The first-order valence-electron chi connectivity index (χ1n) is 6.80. The maximum absolute atomic E-state index is 9.21. The number of aromatic nitrogens is 1. The normalized spacial score (nSPS) is 28.4. The number of fused-ring (bicyclic) bond motifs is 2. The highest BCUT2D eigenvalue weighted by Crippen LogP contribution is 2.30. The minimum absolute atomic E-state index is 0.0926. The van der Waals surface area contributed by atoms with Gasteiger partial charge in [-0.05, 0) is 44.0 Å². The van der Waals surface area contributed by atoms with Crippen molar-refractivity contribution >= 4 is 5.82 Å². The number of aliphatic hydroxyl groups is 1. The van der Waals surface area contributed by atoms with Gasteiger partial charge < -0.3 is 10.0 Å². The maximum atomic E-state index is 9.21. The molecule has 4 nitrogen and oxygen atoms in total. The number of hydrogen-bond acceptors (Lipinski definition) is 4. The number of pyridine rings is 1. The highest BCUT2D eigenvalue weighted by atomic mass is 16.3. The van der Waals surface area contributed by atoms with Gasteiger partial charge in [0.25, 0.3) is 0 Å². The third-order valence-corrected chi connectivity index (χ3v) is 4.46. The molecule has 1 N–H and O–H groups in total. The minimum Gasteiger partial charge on any atom is -0.392 e. The fraction of sp³-hybridized carbons (Fsp3) is 0.643. The van der Waals surface area contributed by atoms with Crippen molar-refractivity contribution in [3.05, 3.63) is 23.9 Å². The lowest BCUT2D eigenvalue weighted by molar-refractivity contribution is 0.254. The lowest BCUT2D eigenvalue weighted by Gasteiger charge is -2.26. The molecule has 0 saturated carbocycles. The highest BCUT2D eigenvalue weighted by Gasteiger charge is 2.34. The van der Waals surface area contributed by atoms with Gasteiger partial charge in [-0.2, -0.15) is 0 Å². The summed E-state index contributed by atoms with van der Waals surface area (Å²) < 4.78 is 0. The van der Waals surface area contributed by atoms with E-state index in [4.69, 9.17) is 0 Å². The van der Waals surface area contributed by atoms with Crippen LogP contribution < -0.4 is 4.90 Å². The monoisotopic (exact) mass is 247 g/mol. The number of aliphatic hydroxyl groups excluding tert-OH is 1. The van der Waals surface area contributed by atoms with Gasteiger partial charge in [-0.1, -0.05) is 0 Å². The molecule has 0 spiro atoms. The van der Waals surface area contributed by atoms with Crippen LogP contribution in [0.3, 0.4) is 0 Å². The second-order valence-corrected chi connectivity index (χ2v) is 5.47. The number of nitrogens with zero attached hydrogens (tertiary/aromatic N) is 3. The van der Waals surface area contributed by atoms with Gasteiger partial charge in [-0.15, -0.1) is 0 Å². The van der Waals surface area contributed by atoms with E-state index in [1.54, 1.807) is 6.20 Å². The highest BCUT2D eigenvalue weighted by molar-refractivity contribution is 5.41. The van der Waals surface area contributed by atoms with Gasteiger partial charge >= 0.3 is 0 Å². The zero-order chi connectivity index (χ0) is 12.5. The molecule has 98 valence electrons. The number of rotatable bonds is 2. The lowest BCUT2D eigenvalue weighted by Crippen LogP contribution is -2.37. The van der Waals surface area contributed by atoms with E-state index in [1.807, 2.05) is 12.1 Å². The largest absolute Gasteiger partial charge is 0.392 e. The summed E-state index contributed by atoms with van der Waals surface area (Å²) in [5.74, 6) is 1.02. The Labute approximate surface area is 108 Å². The molecule has 2 aliphatic heterocycles. The van der Waals surface area contributed by atoms with E-state index >= 15 is 0 Å². The molecule has 1 aromatic rings. The standard InChI is InChI=1S/C14H21N3O/c1-16-12-2-3-13(16)9-17(7-5-12)14-8-11(10-18)4-6-15-14/h4,6,8,12-13,18H,2-3,5,7,9-10H2,1H3. The third kappa shape index (κ3) is 2.10. The van der Waals surface area contributed by atoms with Gasteiger partial charge in [0.05, 0.1) is 6.61 Å². The molecule has 2 saturated heterocycles. The molecule has 2 unspecified atom stereocenters. The Morgan fingerprint density at radius 3 is 3.00 bits per heavy atom. The quantitative estimate of drug-likeness (QED) is 0.853. The van der Waals surface area contributed by atoms with Crippen LogP contribution in [-0.4, -0.2) is 47.2 Å². The van der Waals surface area contributed by atoms with Gasteiger partial charge in [-0.25, -0.2) is 4.98 Å². The SMILES string of the molecule is CN1C2CCC1CN(c1cc(CO)ccn1)CC2. The summed E-state index contributed by atoms with van der Waals surface area (Å²) in [6.45, 7) is 2.23. The van der Waals surface area contributed by atoms with E-state index in [-0.39, 0.29) is 6.61 Å². The van der Waals surface area contributed by atoms with Gasteiger partial charge in [0.2, 0.25) is 0 Å². The molecule has 3 heterocycles. The van der Waals surface area contributed by atoms with Gasteiger partial charge in [0.15, 0.2) is 0 Å². The van der Waals surface area contributed by atoms with E-state index in [9.17, 15) is 5.11 Å². The van der Waals surface area contributed by atoms with E-state index < -0.39 is 0 Å². The van der Waals surface area contributed by atoms with Crippen LogP contribution in [0.15, 0.2) is 18.3 Å². The molecule has 2 atom stereocenters. The Morgan fingerprint density at radius 2 is 2.17 bits per heavy atom. The fourth-order valence-electron chi connectivity index (χ4n) is 3.25. The maximum Gasteiger partial charge on any atom is 0.128 e. The summed E-state index contributed by atoms with van der Waals surface area (Å²) in [6.07, 6.45) is 5.67. The molecule has 2 fully saturated rings. The second kappa shape index (κ2) is 4.86. The fourth-order valence-corrected chi connectivity index (χ4v) is 3.25. The summed E-state index contributed by atoms with van der Waals surface area (Å²) >= 11 is 0.